The van der Waals surface area contributed by atoms with Gasteiger partial charge in [-0.3, -0.25) is 4.98 Å². The molecule has 0 amide bonds. The molecule has 0 aliphatic heterocycles. The van der Waals surface area contributed by atoms with Crippen LogP contribution in [-0.2, 0) is 19.4 Å². The molecular formula is C18H15FN4O. The summed E-state index contributed by atoms with van der Waals surface area (Å²) in [4.78, 5) is 8.56. The van der Waals surface area contributed by atoms with Crippen LogP contribution in [0.4, 0.5) is 4.39 Å². The van der Waals surface area contributed by atoms with Crippen molar-refractivity contribution >= 4 is 0 Å². The van der Waals surface area contributed by atoms with Crippen LogP contribution in [0.3, 0.4) is 0 Å². The molecular weight excluding hydrogens is 307 g/mol. The standard InChI is InChI=1S/C18H15FN4O/c19-14-5-2-8-20-17(14)11-24-18-10-13(16-7-3-9-21-23-16)12-4-1-6-15(12)22-18/h2-3,5,7-10H,1,4,6,11H2. The molecule has 5 nitrogen and oxygen atoms in total. The fourth-order valence-corrected chi connectivity index (χ4v) is 2.93. The predicted molar refractivity (Wildman–Crippen MR) is 85.8 cm³/mol. The summed E-state index contributed by atoms with van der Waals surface area (Å²) in [5.41, 5.74) is 4.27. The van der Waals surface area contributed by atoms with E-state index in [1.165, 1.54) is 11.6 Å². The monoisotopic (exact) mass is 322 g/mol. The minimum atomic E-state index is -0.382. The summed E-state index contributed by atoms with van der Waals surface area (Å²) in [7, 11) is 0. The molecule has 0 bridgehead atoms. The molecule has 0 saturated carbocycles. The molecule has 0 N–H and O–H groups in total. The third-order valence-electron chi connectivity index (χ3n) is 4.07. The van der Waals surface area contributed by atoms with Crippen molar-refractivity contribution in [2.75, 3.05) is 0 Å². The second-order valence-corrected chi connectivity index (χ2v) is 5.62. The number of hydrogen-bond donors (Lipinski definition) is 0. The van der Waals surface area contributed by atoms with Gasteiger partial charge in [-0.15, -0.1) is 0 Å². The third kappa shape index (κ3) is 2.82. The van der Waals surface area contributed by atoms with Crippen LogP contribution >= 0.6 is 0 Å². The van der Waals surface area contributed by atoms with Crippen LogP contribution in [0.15, 0.2) is 42.7 Å². The highest BCUT2D eigenvalue weighted by Gasteiger charge is 2.20. The van der Waals surface area contributed by atoms with Crippen LogP contribution < -0.4 is 4.74 Å². The molecule has 1 aliphatic carbocycles. The van der Waals surface area contributed by atoms with Gasteiger partial charge in [0.05, 0.1) is 5.69 Å². The maximum atomic E-state index is 13.7. The van der Waals surface area contributed by atoms with E-state index in [2.05, 4.69) is 20.2 Å². The molecule has 1 aliphatic rings. The number of nitrogens with zero attached hydrogens (tertiary/aromatic N) is 4. The Morgan fingerprint density at radius 3 is 2.88 bits per heavy atom. The number of hydrogen-bond acceptors (Lipinski definition) is 5. The molecule has 0 fully saturated rings. The van der Waals surface area contributed by atoms with E-state index < -0.39 is 0 Å². The van der Waals surface area contributed by atoms with Crippen molar-refractivity contribution in [3.05, 3.63) is 65.5 Å². The molecule has 6 heteroatoms. The number of halogens is 1. The highest BCUT2D eigenvalue weighted by Crippen LogP contribution is 2.33. The van der Waals surface area contributed by atoms with E-state index in [-0.39, 0.29) is 18.1 Å². The maximum Gasteiger partial charge on any atom is 0.214 e. The number of rotatable bonds is 4. The quantitative estimate of drug-likeness (QED) is 0.738. The Hall–Kier alpha value is -2.89. The van der Waals surface area contributed by atoms with E-state index in [1.54, 1.807) is 18.5 Å². The van der Waals surface area contributed by atoms with E-state index in [0.29, 0.717) is 5.88 Å². The van der Waals surface area contributed by atoms with E-state index in [4.69, 9.17) is 4.74 Å². The molecule has 0 saturated heterocycles. The number of fused-ring (bicyclic) bond motifs is 1. The Labute approximate surface area is 138 Å². The van der Waals surface area contributed by atoms with Gasteiger partial charge in [0, 0.05) is 29.7 Å². The molecule has 0 atom stereocenters. The zero-order chi connectivity index (χ0) is 16.4. The van der Waals surface area contributed by atoms with Crippen LogP contribution in [0.25, 0.3) is 11.3 Å². The van der Waals surface area contributed by atoms with E-state index >= 15 is 0 Å². The van der Waals surface area contributed by atoms with Gasteiger partial charge < -0.3 is 4.74 Å². The summed E-state index contributed by atoms with van der Waals surface area (Å²) in [5.74, 6) is 0.0779. The fraction of sp³-hybridized carbons (Fsp3) is 0.222. The van der Waals surface area contributed by atoms with Gasteiger partial charge >= 0.3 is 0 Å². The third-order valence-corrected chi connectivity index (χ3v) is 4.07. The number of aromatic nitrogens is 4. The van der Waals surface area contributed by atoms with Crippen molar-refractivity contribution in [1.82, 2.24) is 20.2 Å². The van der Waals surface area contributed by atoms with Crippen molar-refractivity contribution < 1.29 is 9.13 Å². The summed E-state index contributed by atoms with van der Waals surface area (Å²) >= 11 is 0. The first-order valence-electron chi connectivity index (χ1n) is 7.84. The summed E-state index contributed by atoms with van der Waals surface area (Å²) in [5, 5.41) is 8.14. The van der Waals surface area contributed by atoms with Crippen molar-refractivity contribution in [2.24, 2.45) is 0 Å². The molecule has 4 rings (SSSR count). The van der Waals surface area contributed by atoms with Gasteiger partial charge in [-0.25, -0.2) is 9.37 Å². The minimum absolute atomic E-state index is 0.0400. The summed E-state index contributed by atoms with van der Waals surface area (Å²) in [6.07, 6.45) is 6.14. The molecule has 24 heavy (non-hydrogen) atoms. The van der Waals surface area contributed by atoms with Crippen molar-refractivity contribution in [1.29, 1.82) is 0 Å². The van der Waals surface area contributed by atoms with Crippen molar-refractivity contribution in [3.63, 3.8) is 0 Å². The Balaban J connectivity index is 1.66. The highest BCUT2D eigenvalue weighted by molar-refractivity contribution is 5.66. The first kappa shape index (κ1) is 14.7. The minimum Gasteiger partial charge on any atom is -0.471 e. The van der Waals surface area contributed by atoms with Crippen LogP contribution in [0.1, 0.15) is 23.4 Å². The van der Waals surface area contributed by atoms with Gasteiger partial charge in [-0.1, -0.05) is 0 Å². The second-order valence-electron chi connectivity index (χ2n) is 5.62. The smallest absolute Gasteiger partial charge is 0.214 e. The van der Waals surface area contributed by atoms with Crippen LogP contribution in [0, 0.1) is 5.82 Å². The fourth-order valence-electron chi connectivity index (χ4n) is 2.93. The molecule has 0 unspecified atom stereocenters. The lowest BCUT2D eigenvalue weighted by molar-refractivity contribution is 0.282. The van der Waals surface area contributed by atoms with Gasteiger partial charge in [0.2, 0.25) is 5.88 Å². The van der Waals surface area contributed by atoms with Crippen molar-refractivity contribution in [2.45, 2.75) is 25.9 Å². The Kier molecular flexibility index (Phi) is 3.86. The topological polar surface area (TPSA) is 60.8 Å². The molecule has 3 aromatic heterocycles. The average Bonchev–Trinajstić information content (AvgIpc) is 3.09. The molecule has 0 radical (unpaired) electrons. The van der Waals surface area contributed by atoms with E-state index in [9.17, 15) is 4.39 Å². The lowest BCUT2D eigenvalue weighted by Crippen LogP contribution is -2.04. The first-order valence-corrected chi connectivity index (χ1v) is 7.84. The SMILES string of the molecule is Fc1cccnc1COc1cc(-c2cccnn2)c2c(n1)CCC2. The zero-order valence-electron chi connectivity index (χ0n) is 12.9. The highest BCUT2D eigenvalue weighted by atomic mass is 19.1. The average molecular weight is 322 g/mol. The van der Waals surface area contributed by atoms with E-state index in [0.717, 1.165) is 36.2 Å². The number of aryl methyl sites for hydroxylation is 1. The Bertz CT molecular complexity index is 870. The lowest BCUT2D eigenvalue weighted by atomic mass is 10.0. The maximum absolute atomic E-state index is 13.7. The van der Waals surface area contributed by atoms with E-state index in [1.807, 2.05) is 18.2 Å². The van der Waals surface area contributed by atoms with Crippen LogP contribution in [-0.4, -0.2) is 20.2 Å². The zero-order valence-corrected chi connectivity index (χ0v) is 12.9. The van der Waals surface area contributed by atoms with Gasteiger partial charge in [0.1, 0.15) is 18.1 Å². The Morgan fingerprint density at radius 1 is 1.12 bits per heavy atom. The molecule has 3 aromatic rings. The molecule has 0 aromatic carbocycles. The van der Waals surface area contributed by atoms with Gasteiger partial charge in [0.15, 0.2) is 0 Å². The summed E-state index contributed by atoms with van der Waals surface area (Å²) < 4.78 is 19.4. The second kappa shape index (κ2) is 6.31. The molecule has 120 valence electrons. The predicted octanol–water partition coefficient (Wildman–Crippen LogP) is 3.14. The largest absolute Gasteiger partial charge is 0.471 e. The van der Waals surface area contributed by atoms with Gasteiger partial charge in [-0.2, -0.15) is 10.2 Å². The number of ether oxygens (including phenoxy) is 1. The first-order chi connectivity index (χ1) is 11.8. The van der Waals surface area contributed by atoms with Crippen molar-refractivity contribution in [3.8, 4) is 17.1 Å². The molecule has 0 spiro atoms. The van der Waals surface area contributed by atoms with Crippen LogP contribution in [0.2, 0.25) is 0 Å². The normalized spacial score (nSPS) is 12.9. The summed E-state index contributed by atoms with van der Waals surface area (Å²) in [6, 6.07) is 8.55. The lowest BCUT2D eigenvalue weighted by Gasteiger charge is -2.11. The Morgan fingerprint density at radius 2 is 2.04 bits per heavy atom. The van der Waals surface area contributed by atoms with Crippen LogP contribution in [0.5, 0.6) is 5.88 Å². The van der Waals surface area contributed by atoms with Gasteiger partial charge in [0.25, 0.3) is 0 Å². The molecule has 3 heterocycles. The summed E-state index contributed by atoms with van der Waals surface area (Å²) in [6.45, 7) is 0.0400. The number of pyridine rings is 2. The van der Waals surface area contributed by atoms with Gasteiger partial charge in [-0.05, 0) is 49.1 Å².